The molecule has 1 aromatic rings. The van der Waals surface area contributed by atoms with Crippen molar-refractivity contribution in [2.45, 2.75) is 46.5 Å². The van der Waals surface area contributed by atoms with E-state index in [0.717, 1.165) is 18.2 Å². The topological polar surface area (TPSA) is 49.3 Å². The second kappa shape index (κ2) is 6.50. The van der Waals surface area contributed by atoms with E-state index < -0.39 is 5.97 Å². The van der Waals surface area contributed by atoms with E-state index in [9.17, 15) is 4.79 Å². The third kappa shape index (κ3) is 4.48. The zero-order valence-electron chi connectivity index (χ0n) is 13.4. The predicted molar refractivity (Wildman–Crippen MR) is 86.8 cm³/mol. The Balaban J connectivity index is 1.82. The summed E-state index contributed by atoms with van der Waals surface area (Å²) < 4.78 is 0. The predicted octanol–water partition coefficient (Wildman–Crippen LogP) is 4.65. The molecule has 0 aliphatic heterocycles. The first-order chi connectivity index (χ1) is 9.86. The number of benzene rings is 1. The first-order valence-corrected chi connectivity index (χ1v) is 7.93. The number of carbonyl (C=O) groups is 1. The van der Waals surface area contributed by atoms with Crippen LogP contribution in [0.1, 0.15) is 56.8 Å². The molecular formula is C18H27NO2. The van der Waals surface area contributed by atoms with Crippen molar-refractivity contribution in [1.82, 2.24) is 0 Å². The van der Waals surface area contributed by atoms with Gasteiger partial charge < -0.3 is 10.4 Å². The van der Waals surface area contributed by atoms with E-state index in [1.54, 1.807) is 18.2 Å². The minimum Gasteiger partial charge on any atom is -0.478 e. The van der Waals surface area contributed by atoms with Gasteiger partial charge in [-0.25, -0.2) is 4.79 Å². The van der Waals surface area contributed by atoms with Crippen molar-refractivity contribution in [2.75, 3.05) is 11.9 Å². The molecule has 0 amide bonds. The SMILES string of the molecule is CC(C)(C)C1CCC(CNc2cccc(C(=O)O)c2)CC1. The molecule has 1 fully saturated rings. The smallest absolute Gasteiger partial charge is 0.335 e. The molecule has 0 spiro atoms. The van der Waals surface area contributed by atoms with Crippen molar-refractivity contribution < 1.29 is 9.90 Å². The number of rotatable bonds is 4. The quantitative estimate of drug-likeness (QED) is 0.848. The second-order valence-electron chi connectivity index (χ2n) is 7.35. The molecule has 21 heavy (non-hydrogen) atoms. The molecule has 1 aliphatic carbocycles. The number of aromatic carboxylic acids is 1. The molecule has 0 atom stereocenters. The van der Waals surface area contributed by atoms with Gasteiger partial charge in [0.2, 0.25) is 0 Å². The molecule has 3 nitrogen and oxygen atoms in total. The number of hydrogen-bond donors (Lipinski definition) is 2. The molecule has 0 bridgehead atoms. The third-order valence-electron chi connectivity index (χ3n) is 4.78. The first-order valence-electron chi connectivity index (χ1n) is 7.93. The number of anilines is 1. The normalized spacial score (nSPS) is 22.8. The zero-order chi connectivity index (χ0) is 15.5. The molecule has 0 aromatic heterocycles. The Bertz CT molecular complexity index is 482. The molecule has 116 valence electrons. The van der Waals surface area contributed by atoms with Gasteiger partial charge in [0.1, 0.15) is 0 Å². The summed E-state index contributed by atoms with van der Waals surface area (Å²) in [7, 11) is 0. The first kappa shape index (κ1) is 15.9. The van der Waals surface area contributed by atoms with E-state index in [-0.39, 0.29) is 0 Å². The molecule has 0 saturated heterocycles. The van der Waals surface area contributed by atoms with Crippen LogP contribution in [0.15, 0.2) is 24.3 Å². The molecule has 2 rings (SSSR count). The maximum atomic E-state index is 11.0. The molecule has 1 aromatic carbocycles. The Labute approximate surface area is 127 Å². The fraction of sp³-hybridized carbons (Fsp3) is 0.611. The second-order valence-corrected chi connectivity index (χ2v) is 7.35. The van der Waals surface area contributed by atoms with E-state index in [1.807, 2.05) is 6.07 Å². The van der Waals surface area contributed by atoms with Crippen LogP contribution < -0.4 is 5.32 Å². The van der Waals surface area contributed by atoms with Crippen LogP contribution in [-0.2, 0) is 0 Å². The maximum absolute atomic E-state index is 11.0. The fourth-order valence-electron chi connectivity index (χ4n) is 3.26. The zero-order valence-corrected chi connectivity index (χ0v) is 13.4. The molecular weight excluding hydrogens is 262 g/mol. The van der Waals surface area contributed by atoms with Gasteiger partial charge in [0.15, 0.2) is 0 Å². The van der Waals surface area contributed by atoms with Gasteiger partial charge in [-0.05, 0) is 61.1 Å². The summed E-state index contributed by atoms with van der Waals surface area (Å²) in [5, 5.41) is 12.4. The van der Waals surface area contributed by atoms with Crippen LogP contribution >= 0.6 is 0 Å². The average Bonchev–Trinajstić information content (AvgIpc) is 2.45. The highest BCUT2D eigenvalue weighted by Crippen LogP contribution is 2.39. The van der Waals surface area contributed by atoms with Gasteiger partial charge in [0, 0.05) is 12.2 Å². The highest BCUT2D eigenvalue weighted by molar-refractivity contribution is 5.88. The van der Waals surface area contributed by atoms with E-state index in [0.29, 0.717) is 16.9 Å². The number of nitrogens with one attached hydrogen (secondary N) is 1. The summed E-state index contributed by atoms with van der Waals surface area (Å²) >= 11 is 0. The summed E-state index contributed by atoms with van der Waals surface area (Å²) in [4.78, 5) is 11.0. The van der Waals surface area contributed by atoms with E-state index in [4.69, 9.17) is 5.11 Å². The minimum atomic E-state index is -0.871. The fourth-order valence-corrected chi connectivity index (χ4v) is 3.26. The summed E-state index contributed by atoms with van der Waals surface area (Å²) in [5.74, 6) is 0.672. The van der Waals surface area contributed by atoms with Crippen LogP contribution in [-0.4, -0.2) is 17.6 Å². The number of carboxylic acid groups (broad SMARTS) is 1. The van der Waals surface area contributed by atoms with Gasteiger partial charge in [-0.3, -0.25) is 0 Å². The average molecular weight is 289 g/mol. The van der Waals surface area contributed by atoms with Crippen molar-refractivity contribution in [2.24, 2.45) is 17.3 Å². The van der Waals surface area contributed by atoms with Crippen LogP contribution in [0.3, 0.4) is 0 Å². The Morgan fingerprint density at radius 2 is 1.90 bits per heavy atom. The lowest BCUT2D eigenvalue weighted by Crippen LogP contribution is -2.28. The molecule has 1 saturated carbocycles. The van der Waals surface area contributed by atoms with Gasteiger partial charge in [0.25, 0.3) is 0 Å². The van der Waals surface area contributed by atoms with Gasteiger partial charge in [-0.15, -0.1) is 0 Å². The summed E-state index contributed by atoms with van der Waals surface area (Å²) in [6.07, 6.45) is 5.16. The summed E-state index contributed by atoms with van der Waals surface area (Å²) in [5.41, 5.74) is 1.68. The van der Waals surface area contributed by atoms with Crippen molar-refractivity contribution in [3.05, 3.63) is 29.8 Å². The van der Waals surface area contributed by atoms with Crippen LogP contribution in [0.25, 0.3) is 0 Å². The Morgan fingerprint density at radius 1 is 1.24 bits per heavy atom. The number of hydrogen-bond acceptors (Lipinski definition) is 2. The van der Waals surface area contributed by atoms with Crippen LogP contribution in [0.5, 0.6) is 0 Å². The number of carboxylic acids is 1. The molecule has 0 heterocycles. The highest BCUT2D eigenvalue weighted by atomic mass is 16.4. The maximum Gasteiger partial charge on any atom is 0.335 e. The lowest BCUT2D eigenvalue weighted by Gasteiger charge is -2.37. The van der Waals surface area contributed by atoms with Crippen LogP contribution in [0.2, 0.25) is 0 Å². The van der Waals surface area contributed by atoms with Crippen molar-refractivity contribution in [3.63, 3.8) is 0 Å². The lowest BCUT2D eigenvalue weighted by atomic mass is 9.70. The highest BCUT2D eigenvalue weighted by Gasteiger charge is 2.29. The van der Waals surface area contributed by atoms with E-state index in [1.165, 1.54) is 25.7 Å². The standard InChI is InChI=1S/C18H27NO2/c1-18(2,3)15-9-7-13(8-10-15)12-19-16-6-4-5-14(11-16)17(20)21/h4-6,11,13,15,19H,7-10,12H2,1-3H3,(H,20,21). The summed E-state index contributed by atoms with van der Waals surface area (Å²) in [6, 6.07) is 7.07. The van der Waals surface area contributed by atoms with Gasteiger partial charge in [0.05, 0.1) is 5.56 Å². The molecule has 0 radical (unpaired) electrons. The molecule has 3 heteroatoms. The molecule has 1 aliphatic rings. The Kier molecular flexibility index (Phi) is 4.92. The monoisotopic (exact) mass is 289 g/mol. The van der Waals surface area contributed by atoms with Crippen molar-refractivity contribution in [3.8, 4) is 0 Å². The Morgan fingerprint density at radius 3 is 2.48 bits per heavy atom. The van der Waals surface area contributed by atoms with E-state index >= 15 is 0 Å². The largest absolute Gasteiger partial charge is 0.478 e. The van der Waals surface area contributed by atoms with Gasteiger partial charge in [-0.1, -0.05) is 26.8 Å². The summed E-state index contributed by atoms with van der Waals surface area (Å²) in [6.45, 7) is 7.97. The lowest BCUT2D eigenvalue weighted by molar-refractivity contribution is 0.0697. The molecule has 0 unspecified atom stereocenters. The van der Waals surface area contributed by atoms with Crippen molar-refractivity contribution >= 4 is 11.7 Å². The van der Waals surface area contributed by atoms with Gasteiger partial charge in [-0.2, -0.15) is 0 Å². The van der Waals surface area contributed by atoms with Crippen LogP contribution in [0, 0.1) is 17.3 Å². The third-order valence-corrected chi connectivity index (χ3v) is 4.78. The van der Waals surface area contributed by atoms with Gasteiger partial charge >= 0.3 is 5.97 Å². The Hall–Kier alpha value is -1.51. The minimum absolute atomic E-state index is 0.344. The van der Waals surface area contributed by atoms with Crippen LogP contribution in [0.4, 0.5) is 5.69 Å². The molecule has 2 N–H and O–H groups in total. The van der Waals surface area contributed by atoms with E-state index in [2.05, 4.69) is 26.1 Å². The van der Waals surface area contributed by atoms with Crippen molar-refractivity contribution in [1.29, 1.82) is 0 Å².